The molecule has 0 aromatic heterocycles. The lowest BCUT2D eigenvalue weighted by atomic mass is 9.78. The first-order valence-corrected chi connectivity index (χ1v) is 12.0. The van der Waals surface area contributed by atoms with Crippen LogP contribution in [0.25, 0.3) is 10.8 Å². The van der Waals surface area contributed by atoms with E-state index in [1.165, 1.54) is 7.11 Å². The second kappa shape index (κ2) is 10.6. The zero-order valence-electron chi connectivity index (χ0n) is 18.6. The van der Waals surface area contributed by atoms with E-state index in [0.29, 0.717) is 16.3 Å². The predicted molar refractivity (Wildman–Crippen MR) is 136 cm³/mol. The van der Waals surface area contributed by atoms with E-state index in [1.54, 1.807) is 24.3 Å². The molecule has 9 heteroatoms. The van der Waals surface area contributed by atoms with Gasteiger partial charge in [0.05, 0.1) is 29.5 Å². The third-order valence-electron chi connectivity index (χ3n) is 5.64. The summed E-state index contributed by atoms with van der Waals surface area (Å²) in [5.41, 5.74) is 1.25. The summed E-state index contributed by atoms with van der Waals surface area (Å²) in [7, 11) is 1.18. The van der Waals surface area contributed by atoms with Gasteiger partial charge in [-0.15, -0.1) is 0 Å². The highest BCUT2D eigenvalue weighted by Gasteiger charge is 2.45. The van der Waals surface area contributed by atoms with Crippen molar-refractivity contribution in [3.05, 3.63) is 87.9 Å². The van der Waals surface area contributed by atoms with Crippen molar-refractivity contribution >= 4 is 57.6 Å². The van der Waals surface area contributed by atoms with E-state index in [0.717, 1.165) is 22.5 Å². The topological polar surface area (TPSA) is 108 Å². The SMILES string of the molecule is COC(=O)[C@H]1C(=O)NC(SCC(=O)Nc2cccc3ccccc23)=C(C#N)[C@H]1c1ccccc1Cl. The summed E-state index contributed by atoms with van der Waals surface area (Å²) >= 11 is 7.38. The molecule has 0 saturated heterocycles. The Morgan fingerprint density at radius 3 is 2.57 bits per heavy atom. The van der Waals surface area contributed by atoms with Crippen LogP contribution < -0.4 is 10.6 Å². The number of fused-ring (bicyclic) bond motifs is 1. The molecule has 0 unspecified atom stereocenters. The number of methoxy groups -OCH3 is 1. The third-order valence-corrected chi connectivity index (χ3v) is 7.00. The molecule has 7 nitrogen and oxygen atoms in total. The Morgan fingerprint density at radius 2 is 1.83 bits per heavy atom. The molecule has 1 heterocycles. The Morgan fingerprint density at radius 1 is 1.11 bits per heavy atom. The van der Waals surface area contributed by atoms with Crippen molar-refractivity contribution in [2.24, 2.45) is 5.92 Å². The van der Waals surface area contributed by atoms with Crippen LogP contribution in [0.1, 0.15) is 11.5 Å². The smallest absolute Gasteiger partial charge is 0.319 e. The lowest BCUT2D eigenvalue weighted by Gasteiger charge is -2.31. The summed E-state index contributed by atoms with van der Waals surface area (Å²) in [5, 5.41) is 17.9. The molecule has 1 aliphatic rings. The zero-order valence-corrected chi connectivity index (χ0v) is 20.2. The van der Waals surface area contributed by atoms with E-state index < -0.39 is 23.7 Å². The summed E-state index contributed by atoms with van der Waals surface area (Å²) < 4.78 is 4.83. The minimum Gasteiger partial charge on any atom is -0.468 e. The summed E-state index contributed by atoms with van der Waals surface area (Å²) in [6, 6.07) is 22.1. The average Bonchev–Trinajstić information content (AvgIpc) is 2.87. The van der Waals surface area contributed by atoms with Gasteiger partial charge in [-0.05, 0) is 23.1 Å². The van der Waals surface area contributed by atoms with Crippen LogP contribution in [0.2, 0.25) is 5.02 Å². The fourth-order valence-corrected chi connectivity index (χ4v) is 5.14. The highest BCUT2D eigenvalue weighted by molar-refractivity contribution is 8.03. The molecule has 1 aliphatic heterocycles. The fraction of sp³-hybridized carbons (Fsp3) is 0.154. The Hall–Kier alpha value is -3.80. The number of nitrogens with one attached hydrogen (secondary N) is 2. The van der Waals surface area contributed by atoms with E-state index in [1.807, 2.05) is 42.5 Å². The average molecular weight is 506 g/mol. The van der Waals surface area contributed by atoms with E-state index in [9.17, 15) is 19.6 Å². The van der Waals surface area contributed by atoms with Gasteiger partial charge < -0.3 is 15.4 Å². The molecule has 3 aromatic carbocycles. The van der Waals surface area contributed by atoms with Gasteiger partial charge >= 0.3 is 5.97 Å². The van der Waals surface area contributed by atoms with Crippen LogP contribution in [0.3, 0.4) is 0 Å². The lowest BCUT2D eigenvalue weighted by Crippen LogP contribution is -2.44. The molecule has 176 valence electrons. The van der Waals surface area contributed by atoms with Crippen LogP contribution in [0, 0.1) is 17.2 Å². The molecule has 2 amide bonds. The number of carbonyl (C=O) groups is 3. The summed E-state index contributed by atoms with van der Waals surface area (Å²) in [4.78, 5) is 38.2. The molecule has 0 spiro atoms. The number of amides is 2. The second-order valence-corrected chi connectivity index (χ2v) is 9.10. The number of benzene rings is 3. The van der Waals surface area contributed by atoms with Crippen LogP contribution in [0.5, 0.6) is 0 Å². The molecular weight excluding hydrogens is 486 g/mol. The van der Waals surface area contributed by atoms with Gasteiger partial charge in [0.25, 0.3) is 0 Å². The van der Waals surface area contributed by atoms with Crippen LogP contribution in [0.4, 0.5) is 5.69 Å². The number of hydrogen-bond donors (Lipinski definition) is 2. The van der Waals surface area contributed by atoms with Gasteiger partial charge in [0, 0.05) is 22.0 Å². The molecule has 2 N–H and O–H groups in total. The Kier molecular flexibility index (Phi) is 7.39. The molecule has 0 bridgehead atoms. The highest BCUT2D eigenvalue weighted by atomic mass is 35.5. The number of nitrogens with zero attached hydrogens (tertiary/aromatic N) is 1. The number of halogens is 1. The van der Waals surface area contributed by atoms with Crippen molar-refractivity contribution in [2.75, 3.05) is 18.2 Å². The van der Waals surface area contributed by atoms with Crippen LogP contribution in [-0.4, -0.2) is 30.6 Å². The lowest BCUT2D eigenvalue weighted by molar-refractivity contribution is -0.150. The number of ether oxygens (including phenoxy) is 1. The van der Waals surface area contributed by atoms with E-state index in [2.05, 4.69) is 16.7 Å². The minimum absolute atomic E-state index is 0.0673. The molecule has 4 rings (SSSR count). The first-order valence-electron chi connectivity index (χ1n) is 10.6. The molecule has 35 heavy (non-hydrogen) atoms. The highest BCUT2D eigenvalue weighted by Crippen LogP contribution is 2.42. The van der Waals surface area contributed by atoms with Gasteiger partial charge in [-0.2, -0.15) is 5.26 Å². The maximum Gasteiger partial charge on any atom is 0.319 e. The number of hydrogen-bond acceptors (Lipinski definition) is 6. The first-order chi connectivity index (χ1) is 16.9. The summed E-state index contributed by atoms with van der Waals surface area (Å²) in [6.07, 6.45) is 0. The first kappa shape index (κ1) is 24.3. The number of anilines is 1. The van der Waals surface area contributed by atoms with Gasteiger partial charge in [0.15, 0.2) is 0 Å². The van der Waals surface area contributed by atoms with Gasteiger partial charge in [-0.1, -0.05) is 78.0 Å². The maximum absolute atomic E-state index is 12.9. The Balaban J connectivity index is 1.62. The molecule has 0 radical (unpaired) electrons. The summed E-state index contributed by atoms with van der Waals surface area (Å²) in [6.45, 7) is 0. The third kappa shape index (κ3) is 5.02. The van der Waals surface area contributed by atoms with E-state index >= 15 is 0 Å². The Labute approximate surface area is 211 Å². The number of carbonyl (C=O) groups excluding carboxylic acids is 3. The zero-order chi connectivity index (χ0) is 24.9. The maximum atomic E-state index is 12.9. The van der Waals surface area contributed by atoms with E-state index in [4.69, 9.17) is 16.3 Å². The molecule has 2 atom stereocenters. The van der Waals surface area contributed by atoms with Gasteiger partial charge in [-0.25, -0.2) is 0 Å². The quantitative estimate of drug-likeness (QED) is 0.374. The van der Waals surface area contributed by atoms with Crippen molar-refractivity contribution < 1.29 is 19.1 Å². The Bertz CT molecular complexity index is 1390. The number of nitriles is 1. The molecular formula is C26H20ClN3O4S. The number of rotatable bonds is 6. The summed E-state index contributed by atoms with van der Waals surface area (Å²) in [5.74, 6) is -4.02. The second-order valence-electron chi connectivity index (χ2n) is 7.71. The number of thioether (sulfide) groups is 1. The van der Waals surface area contributed by atoms with Gasteiger partial charge in [0.1, 0.15) is 5.92 Å². The van der Waals surface area contributed by atoms with Crippen molar-refractivity contribution in [2.45, 2.75) is 5.92 Å². The fourth-order valence-electron chi connectivity index (χ4n) is 4.04. The van der Waals surface area contributed by atoms with Crippen LogP contribution >= 0.6 is 23.4 Å². The molecule has 0 fully saturated rings. The minimum atomic E-state index is -1.29. The van der Waals surface area contributed by atoms with E-state index in [-0.39, 0.29) is 22.3 Å². The molecule has 0 saturated carbocycles. The normalized spacial score (nSPS) is 17.5. The standard InChI is InChI=1S/C26H20ClN3O4S/c1-34-26(33)23-22(17-10-4-5-11-19(17)27)18(13-28)25(30-24(23)32)35-14-21(31)29-20-12-6-8-15-7-2-3-9-16(15)20/h2-12,22-23H,14H2,1H3,(H,29,31)(H,30,32)/t22-,23-/m1/s1. The van der Waals surface area contributed by atoms with Crippen molar-refractivity contribution in [3.8, 4) is 6.07 Å². The monoisotopic (exact) mass is 505 g/mol. The molecule has 3 aromatic rings. The molecule has 0 aliphatic carbocycles. The van der Waals surface area contributed by atoms with Crippen LogP contribution in [0.15, 0.2) is 77.3 Å². The van der Waals surface area contributed by atoms with Crippen molar-refractivity contribution in [3.63, 3.8) is 0 Å². The number of allylic oxidation sites excluding steroid dienone is 1. The van der Waals surface area contributed by atoms with Crippen molar-refractivity contribution in [1.29, 1.82) is 5.26 Å². The van der Waals surface area contributed by atoms with Crippen LogP contribution in [-0.2, 0) is 19.1 Å². The van der Waals surface area contributed by atoms with Gasteiger partial charge in [-0.3, -0.25) is 14.4 Å². The van der Waals surface area contributed by atoms with Crippen molar-refractivity contribution in [1.82, 2.24) is 5.32 Å². The largest absolute Gasteiger partial charge is 0.468 e. The van der Waals surface area contributed by atoms with Gasteiger partial charge in [0.2, 0.25) is 11.8 Å². The predicted octanol–water partition coefficient (Wildman–Crippen LogP) is 4.60. The number of esters is 1.